The Morgan fingerprint density at radius 2 is 1.84 bits per heavy atom. The number of hydrogen-bond acceptors (Lipinski definition) is 9. The number of aliphatic hydroxyl groups excluding tert-OH is 2. The third-order valence-corrected chi connectivity index (χ3v) is 7.47. The molecule has 0 amide bonds. The minimum absolute atomic E-state index is 0.0144. The lowest BCUT2D eigenvalue weighted by atomic mass is 9.88. The first-order valence-corrected chi connectivity index (χ1v) is 12.6. The van der Waals surface area contributed by atoms with Crippen LogP contribution in [0.2, 0.25) is 5.02 Å². The monoisotopic (exact) mass is 553 g/mol. The lowest BCUT2D eigenvalue weighted by molar-refractivity contribution is -0.153. The van der Waals surface area contributed by atoms with Gasteiger partial charge < -0.3 is 38.9 Å². The van der Waals surface area contributed by atoms with Crippen LogP contribution in [-0.2, 0) is 27.1 Å². The van der Waals surface area contributed by atoms with Crippen LogP contribution in [0.5, 0.6) is 11.8 Å². The van der Waals surface area contributed by atoms with Crippen molar-refractivity contribution in [1.82, 2.24) is 15.0 Å². The quantitative estimate of drug-likeness (QED) is 0.364. The van der Waals surface area contributed by atoms with Crippen LogP contribution in [-0.4, -0.2) is 89.2 Å². The van der Waals surface area contributed by atoms with E-state index in [4.69, 9.17) is 35.3 Å². The molecule has 0 spiro atoms. The molecule has 3 fully saturated rings. The molecule has 3 aliphatic rings. The Bertz CT molecular complexity index is 1310. The lowest BCUT2D eigenvalue weighted by Crippen LogP contribution is -2.49. The molecule has 5 heterocycles. The number of aliphatic hydroxyl groups is 2. The smallest absolute Gasteiger partial charge is 0.296 e. The van der Waals surface area contributed by atoms with Gasteiger partial charge in [-0.25, -0.2) is 13.8 Å². The van der Waals surface area contributed by atoms with E-state index < -0.39 is 41.5 Å². The van der Waals surface area contributed by atoms with Gasteiger partial charge in [0.05, 0.1) is 54.7 Å². The van der Waals surface area contributed by atoms with Gasteiger partial charge in [0.2, 0.25) is 0 Å². The molecule has 3 aromatic rings. The van der Waals surface area contributed by atoms with Crippen molar-refractivity contribution in [2.24, 2.45) is 5.41 Å². The van der Waals surface area contributed by atoms with Gasteiger partial charge in [-0.3, -0.25) is 0 Å². The molecular weight excluding hydrogens is 528 g/mol. The highest BCUT2D eigenvalue weighted by Crippen LogP contribution is 2.32. The van der Waals surface area contributed by atoms with Crippen molar-refractivity contribution in [2.45, 2.75) is 37.3 Å². The van der Waals surface area contributed by atoms with Gasteiger partial charge in [0, 0.05) is 17.7 Å². The fraction of sp³-hybridized carbons (Fsp3) is 0.520. The number of pyridine rings is 1. The predicted molar refractivity (Wildman–Crippen MR) is 128 cm³/mol. The number of nitrogens with zero attached hydrogens (tertiary/aromatic N) is 2. The molecule has 0 aliphatic carbocycles. The van der Waals surface area contributed by atoms with E-state index in [0.717, 1.165) is 12.1 Å². The van der Waals surface area contributed by atoms with Crippen molar-refractivity contribution in [3.05, 3.63) is 46.1 Å². The summed E-state index contributed by atoms with van der Waals surface area (Å²) in [5, 5.41) is 19.7. The number of halogens is 3. The summed E-state index contributed by atoms with van der Waals surface area (Å²) in [6.07, 6.45) is -1.77. The van der Waals surface area contributed by atoms with E-state index in [1.54, 1.807) is 6.07 Å². The van der Waals surface area contributed by atoms with Crippen LogP contribution in [0.4, 0.5) is 8.78 Å². The molecule has 1 aromatic carbocycles. The maximum atomic E-state index is 14.8. The molecule has 0 unspecified atom stereocenters. The van der Waals surface area contributed by atoms with E-state index in [9.17, 15) is 19.0 Å². The number of nitrogens with one attached hydrogen (secondary N) is 1. The minimum atomic E-state index is -0.744. The van der Waals surface area contributed by atoms with Crippen LogP contribution >= 0.6 is 11.6 Å². The van der Waals surface area contributed by atoms with Crippen molar-refractivity contribution in [1.29, 1.82) is 0 Å². The standard InChI is InChI=1S/C25H26ClF2N3O7/c26-14-5-18-23(31-24(30-18)38-20-7-36-21-19(33)6-35-22(20)21)29-17(14)2-1-13-15(27)3-12(4-16(13)28)37-11-25(8-32)9-34-10-25/h3-5,19-22,32-33H,1-2,6-11H2,(H,29,30,31)/t19-,20-,21-,22-/m1/s1. The number of imidazole rings is 1. The number of aromatic amines is 1. The topological polar surface area (TPSA) is 128 Å². The zero-order chi connectivity index (χ0) is 26.4. The highest BCUT2D eigenvalue weighted by atomic mass is 35.5. The summed E-state index contributed by atoms with van der Waals surface area (Å²) in [6, 6.07) is 4.09. The first-order chi connectivity index (χ1) is 18.3. The Morgan fingerprint density at radius 1 is 1.08 bits per heavy atom. The summed E-state index contributed by atoms with van der Waals surface area (Å²) in [7, 11) is 0. The maximum absolute atomic E-state index is 14.8. The van der Waals surface area contributed by atoms with E-state index in [1.807, 2.05) is 0 Å². The largest absolute Gasteiger partial charge is 0.493 e. The maximum Gasteiger partial charge on any atom is 0.296 e. The van der Waals surface area contributed by atoms with Gasteiger partial charge in [0.15, 0.2) is 11.8 Å². The summed E-state index contributed by atoms with van der Waals surface area (Å²) in [5.41, 5.74) is 0.652. The summed E-state index contributed by atoms with van der Waals surface area (Å²) in [6.45, 7) is 1.08. The molecule has 0 radical (unpaired) electrons. The summed E-state index contributed by atoms with van der Waals surface area (Å²) >= 11 is 6.40. The van der Waals surface area contributed by atoms with E-state index >= 15 is 0 Å². The fourth-order valence-electron chi connectivity index (χ4n) is 4.84. The van der Waals surface area contributed by atoms with Gasteiger partial charge in [-0.1, -0.05) is 11.6 Å². The van der Waals surface area contributed by atoms with Gasteiger partial charge in [0.25, 0.3) is 6.01 Å². The van der Waals surface area contributed by atoms with Crippen LogP contribution < -0.4 is 9.47 Å². The van der Waals surface area contributed by atoms with Crippen LogP contribution in [0.1, 0.15) is 11.3 Å². The molecular formula is C25H26ClF2N3O7. The van der Waals surface area contributed by atoms with E-state index in [0.29, 0.717) is 35.1 Å². The van der Waals surface area contributed by atoms with Crippen molar-refractivity contribution < 1.29 is 42.7 Å². The number of benzene rings is 1. The van der Waals surface area contributed by atoms with E-state index in [1.165, 1.54) is 0 Å². The Balaban J connectivity index is 1.12. The van der Waals surface area contributed by atoms with Gasteiger partial charge in [0.1, 0.15) is 42.3 Å². The van der Waals surface area contributed by atoms with Crippen molar-refractivity contribution >= 4 is 22.8 Å². The minimum Gasteiger partial charge on any atom is -0.493 e. The number of rotatable bonds is 9. The molecule has 10 nitrogen and oxygen atoms in total. The number of ether oxygens (including phenoxy) is 5. The predicted octanol–water partition coefficient (Wildman–Crippen LogP) is 1.97. The molecule has 13 heteroatoms. The molecule has 3 aliphatic heterocycles. The molecule has 3 N–H and O–H groups in total. The molecule has 2 aromatic heterocycles. The fourth-order valence-corrected chi connectivity index (χ4v) is 5.09. The van der Waals surface area contributed by atoms with Crippen LogP contribution in [0, 0.1) is 17.0 Å². The summed E-state index contributed by atoms with van der Waals surface area (Å²) in [5.74, 6) is -1.44. The average Bonchev–Trinajstić information content (AvgIpc) is 3.55. The van der Waals surface area contributed by atoms with Crippen molar-refractivity contribution in [3.8, 4) is 11.8 Å². The molecule has 0 bridgehead atoms. The average molecular weight is 554 g/mol. The van der Waals surface area contributed by atoms with E-state index in [-0.39, 0.29) is 56.6 Å². The van der Waals surface area contributed by atoms with Gasteiger partial charge in [-0.15, -0.1) is 0 Å². The number of hydrogen-bond donors (Lipinski definition) is 3. The molecule has 0 saturated carbocycles. The normalized spacial score (nSPS) is 25.9. The Kier molecular flexibility index (Phi) is 6.87. The summed E-state index contributed by atoms with van der Waals surface area (Å²) in [4.78, 5) is 11.8. The molecule has 3 saturated heterocycles. The second kappa shape index (κ2) is 10.2. The lowest BCUT2D eigenvalue weighted by Gasteiger charge is -2.39. The first kappa shape index (κ1) is 25.7. The Hall–Kier alpha value is -2.61. The van der Waals surface area contributed by atoms with Crippen molar-refractivity contribution in [2.75, 3.05) is 39.6 Å². The second-order valence-electron chi connectivity index (χ2n) is 9.95. The van der Waals surface area contributed by atoms with Gasteiger partial charge in [-0.2, -0.15) is 4.98 Å². The third-order valence-electron chi connectivity index (χ3n) is 7.15. The molecule has 38 heavy (non-hydrogen) atoms. The Labute approximate surface area is 220 Å². The number of fused-ring (bicyclic) bond motifs is 2. The van der Waals surface area contributed by atoms with Crippen LogP contribution in [0.15, 0.2) is 18.2 Å². The highest BCUT2D eigenvalue weighted by molar-refractivity contribution is 6.31. The van der Waals surface area contributed by atoms with Gasteiger partial charge >= 0.3 is 0 Å². The second-order valence-corrected chi connectivity index (χ2v) is 10.4. The first-order valence-electron chi connectivity index (χ1n) is 12.3. The molecule has 204 valence electrons. The third kappa shape index (κ3) is 4.80. The number of H-pyrrole nitrogens is 1. The zero-order valence-corrected chi connectivity index (χ0v) is 20.9. The number of aryl methyl sites for hydroxylation is 1. The zero-order valence-electron chi connectivity index (χ0n) is 20.2. The number of aromatic nitrogens is 3. The van der Waals surface area contributed by atoms with E-state index in [2.05, 4.69) is 15.0 Å². The van der Waals surface area contributed by atoms with Crippen LogP contribution in [0.3, 0.4) is 0 Å². The summed E-state index contributed by atoms with van der Waals surface area (Å²) < 4.78 is 57.2. The molecule has 4 atom stereocenters. The Morgan fingerprint density at radius 3 is 2.55 bits per heavy atom. The highest BCUT2D eigenvalue weighted by Gasteiger charge is 2.48. The van der Waals surface area contributed by atoms with Gasteiger partial charge in [-0.05, 0) is 18.9 Å². The van der Waals surface area contributed by atoms with Crippen molar-refractivity contribution in [3.63, 3.8) is 0 Å². The van der Waals surface area contributed by atoms with Crippen LogP contribution in [0.25, 0.3) is 11.2 Å². The molecule has 6 rings (SSSR count). The SMILES string of the molecule is OCC1(COc2cc(F)c(CCc3nc4nc(O[C@@H]5CO[C@H]6[C@@H]5OC[C@H]6O)[nH]c4cc3Cl)c(F)c2)COC1.